The molecule has 1 unspecified atom stereocenters. The van der Waals surface area contributed by atoms with E-state index in [0.29, 0.717) is 12.6 Å². The van der Waals surface area contributed by atoms with Gasteiger partial charge in [0.05, 0.1) is 6.61 Å². The van der Waals surface area contributed by atoms with Crippen LogP contribution >= 0.6 is 0 Å². The van der Waals surface area contributed by atoms with Gasteiger partial charge < -0.3 is 4.74 Å². The highest BCUT2D eigenvalue weighted by atomic mass is 16.5. The SMILES string of the molecule is C=CCCC(CCOc1ccccc1)NN. The smallest absolute Gasteiger partial charge is 0.119 e. The summed E-state index contributed by atoms with van der Waals surface area (Å²) in [5.74, 6) is 6.36. The first kappa shape index (κ1) is 12.7. The molecular formula is C13H20N2O. The fraction of sp³-hybridized carbons (Fsp3) is 0.385. The number of rotatable bonds is 8. The van der Waals surface area contributed by atoms with Crippen LogP contribution in [0.2, 0.25) is 0 Å². The van der Waals surface area contributed by atoms with Crippen molar-refractivity contribution in [3.05, 3.63) is 43.0 Å². The van der Waals surface area contributed by atoms with Crippen molar-refractivity contribution in [2.24, 2.45) is 5.84 Å². The number of nitrogens with two attached hydrogens (primary N) is 1. The molecule has 1 atom stereocenters. The lowest BCUT2D eigenvalue weighted by molar-refractivity contribution is 0.282. The quantitative estimate of drug-likeness (QED) is 0.401. The van der Waals surface area contributed by atoms with Crippen molar-refractivity contribution in [1.82, 2.24) is 5.43 Å². The number of nitrogens with one attached hydrogen (secondary N) is 1. The maximum atomic E-state index is 5.60. The summed E-state index contributed by atoms with van der Waals surface area (Å²) in [5.41, 5.74) is 2.80. The lowest BCUT2D eigenvalue weighted by atomic mass is 10.1. The standard InChI is InChI=1S/C13H20N2O/c1-2-3-7-12(15-14)10-11-16-13-8-5-4-6-9-13/h2,4-6,8-9,12,15H,1,3,7,10-11,14H2. The molecule has 0 radical (unpaired) electrons. The zero-order valence-electron chi connectivity index (χ0n) is 9.56. The monoisotopic (exact) mass is 220 g/mol. The Kier molecular flexibility index (Phi) is 6.30. The summed E-state index contributed by atoms with van der Waals surface area (Å²) in [7, 11) is 0. The molecule has 3 heteroatoms. The first-order chi connectivity index (χ1) is 7.86. The second-order valence-corrected chi connectivity index (χ2v) is 3.68. The van der Waals surface area contributed by atoms with Crippen LogP contribution in [-0.4, -0.2) is 12.6 Å². The Hall–Kier alpha value is -1.32. The summed E-state index contributed by atoms with van der Waals surface area (Å²) in [6.45, 7) is 4.37. The second kappa shape index (κ2) is 7.91. The topological polar surface area (TPSA) is 47.3 Å². The summed E-state index contributed by atoms with van der Waals surface area (Å²) in [6.07, 6.45) is 4.78. The molecule has 0 aromatic heterocycles. The van der Waals surface area contributed by atoms with Gasteiger partial charge in [-0.25, -0.2) is 0 Å². The summed E-state index contributed by atoms with van der Waals surface area (Å²) >= 11 is 0. The van der Waals surface area contributed by atoms with Crippen LogP contribution in [-0.2, 0) is 0 Å². The van der Waals surface area contributed by atoms with E-state index in [4.69, 9.17) is 10.6 Å². The van der Waals surface area contributed by atoms with Crippen molar-refractivity contribution < 1.29 is 4.74 Å². The van der Waals surface area contributed by atoms with E-state index in [0.717, 1.165) is 25.0 Å². The molecule has 0 spiro atoms. The van der Waals surface area contributed by atoms with Gasteiger partial charge in [-0.1, -0.05) is 24.3 Å². The summed E-state index contributed by atoms with van der Waals surface area (Å²) in [5, 5.41) is 0. The minimum Gasteiger partial charge on any atom is -0.494 e. The van der Waals surface area contributed by atoms with Crippen molar-refractivity contribution in [3.8, 4) is 5.75 Å². The number of ether oxygens (including phenoxy) is 1. The number of hydrogen-bond acceptors (Lipinski definition) is 3. The number of para-hydroxylation sites is 1. The Morgan fingerprint density at radius 2 is 2.06 bits per heavy atom. The van der Waals surface area contributed by atoms with Gasteiger partial charge in [-0.2, -0.15) is 0 Å². The van der Waals surface area contributed by atoms with Crippen molar-refractivity contribution in [2.75, 3.05) is 6.61 Å². The van der Waals surface area contributed by atoms with Crippen LogP contribution < -0.4 is 16.0 Å². The van der Waals surface area contributed by atoms with Crippen molar-refractivity contribution in [1.29, 1.82) is 0 Å². The van der Waals surface area contributed by atoms with Crippen LogP contribution in [0.25, 0.3) is 0 Å². The lowest BCUT2D eigenvalue weighted by Crippen LogP contribution is -2.36. The van der Waals surface area contributed by atoms with E-state index in [1.807, 2.05) is 36.4 Å². The van der Waals surface area contributed by atoms with Crippen molar-refractivity contribution >= 4 is 0 Å². The average Bonchev–Trinajstić information content (AvgIpc) is 2.35. The molecule has 1 aromatic carbocycles. The molecule has 3 nitrogen and oxygen atoms in total. The summed E-state index contributed by atoms with van der Waals surface area (Å²) in [4.78, 5) is 0. The Balaban J connectivity index is 2.20. The van der Waals surface area contributed by atoms with E-state index < -0.39 is 0 Å². The predicted molar refractivity (Wildman–Crippen MR) is 67.1 cm³/mol. The van der Waals surface area contributed by atoms with Gasteiger partial charge in [-0.3, -0.25) is 11.3 Å². The van der Waals surface area contributed by atoms with E-state index in [1.165, 1.54) is 0 Å². The molecule has 0 saturated carbocycles. The van der Waals surface area contributed by atoms with Gasteiger partial charge in [0, 0.05) is 6.04 Å². The first-order valence-electron chi connectivity index (χ1n) is 5.61. The molecule has 1 rings (SSSR count). The molecule has 0 aliphatic carbocycles. The largest absolute Gasteiger partial charge is 0.494 e. The Bertz CT molecular complexity index is 287. The molecule has 1 aromatic rings. The second-order valence-electron chi connectivity index (χ2n) is 3.68. The highest BCUT2D eigenvalue weighted by Crippen LogP contribution is 2.09. The van der Waals surface area contributed by atoms with Gasteiger partial charge >= 0.3 is 0 Å². The van der Waals surface area contributed by atoms with E-state index in [-0.39, 0.29) is 0 Å². The van der Waals surface area contributed by atoms with Crippen LogP contribution in [0.15, 0.2) is 43.0 Å². The van der Waals surface area contributed by atoms with E-state index in [9.17, 15) is 0 Å². The first-order valence-corrected chi connectivity index (χ1v) is 5.61. The highest BCUT2D eigenvalue weighted by molar-refractivity contribution is 5.20. The number of hydrazine groups is 1. The molecule has 0 saturated heterocycles. The van der Waals surface area contributed by atoms with Crippen LogP contribution in [0, 0.1) is 0 Å². The van der Waals surface area contributed by atoms with Gasteiger partial charge in [-0.05, 0) is 31.4 Å². The van der Waals surface area contributed by atoms with Gasteiger partial charge in [0.25, 0.3) is 0 Å². The number of allylic oxidation sites excluding steroid dienone is 1. The average molecular weight is 220 g/mol. The Morgan fingerprint density at radius 1 is 1.31 bits per heavy atom. The lowest BCUT2D eigenvalue weighted by Gasteiger charge is -2.15. The van der Waals surface area contributed by atoms with Crippen LogP contribution in [0.5, 0.6) is 5.75 Å². The molecule has 3 N–H and O–H groups in total. The zero-order valence-corrected chi connectivity index (χ0v) is 9.56. The highest BCUT2D eigenvalue weighted by Gasteiger charge is 2.05. The van der Waals surface area contributed by atoms with Gasteiger partial charge in [0.2, 0.25) is 0 Å². The van der Waals surface area contributed by atoms with Crippen LogP contribution in [0.1, 0.15) is 19.3 Å². The molecule has 0 bridgehead atoms. The maximum absolute atomic E-state index is 5.60. The minimum atomic E-state index is 0.293. The molecule has 0 amide bonds. The predicted octanol–water partition coefficient (Wildman–Crippen LogP) is 2.25. The third-order valence-electron chi connectivity index (χ3n) is 2.43. The van der Waals surface area contributed by atoms with Crippen LogP contribution in [0.4, 0.5) is 0 Å². The van der Waals surface area contributed by atoms with Crippen molar-refractivity contribution in [2.45, 2.75) is 25.3 Å². The number of benzene rings is 1. The molecule has 0 heterocycles. The molecule has 0 aliphatic heterocycles. The molecule has 16 heavy (non-hydrogen) atoms. The number of hydrogen-bond donors (Lipinski definition) is 2. The fourth-order valence-electron chi connectivity index (χ4n) is 1.47. The van der Waals surface area contributed by atoms with E-state index in [1.54, 1.807) is 0 Å². The van der Waals surface area contributed by atoms with E-state index in [2.05, 4.69) is 12.0 Å². The van der Waals surface area contributed by atoms with E-state index >= 15 is 0 Å². The van der Waals surface area contributed by atoms with Crippen LogP contribution in [0.3, 0.4) is 0 Å². The van der Waals surface area contributed by atoms with Gasteiger partial charge in [-0.15, -0.1) is 6.58 Å². The Morgan fingerprint density at radius 3 is 2.69 bits per heavy atom. The third kappa shape index (κ3) is 4.96. The molecule has 0 aliphatic rings. The van der Waals surface area contributed by atoms with Gasteiger partial charge in [0.1, 0.15) is 5.75 Å². The Labute approximate surface area is 97.3 Å². The zero-order chi connectivity index (χ0) is 11.6. The fourth-order valence-corrected chi connectivity index (χ4v) is 1.47. The maximum Gasteiger partial charge on any atom is 0.119 e. The third-order valence-corrected chi connectivity index (χ3v) is 2.43. The summed E-state index contributed by atoms with van der Waals surface area (Å²) < 4.78 is 5.60. The van der Waals surface area contributed by atoms with Gasteiger partial charge in [0.15, 0.2) is 0 Å². The minimum absolute atomic E-state index is 0.293. The van der Waals surface area contributed by atoms with Crippen molar-refractivity contribution in [3.63, 3.8) is 0 Å². The summed E-state index contributed by atoms with van der Waals surface area (Å²) in [6, 6.07) is 10.1. The normalized spacial score (nSPS) is 12.1. The molecule has 0 fully saturated rings. The molecule has 88 valence electrons. The molecular weight excluding hydrogens is 200 g/mol.